The number of rotatable bonds is 10. The van der Waals surface area contributed by atoms with Gasteiger partial charge in [-0.3, -0.25) is 14.0 Å². The van der Waals surface area contributed by atoms with Crippen LogP contribution in [-0.2, 0) is 22.8 Å². The maximum atomic E-state index is 13.4. The van der Waals surface area contributed by atoms with Gasteiger partial charge in [0.05, 0.1) is 29.6 Å². The van der Waals surface area contributed by atoms with Crippen molar-refractivity contribution in [1.82, 2.24) is 39.5 Å². The van der Waals surface area contributed by atoms with Gasteiger partial charge in [0.1, 0.15) is 22.8 Å². The summed E-state index contributed by atoms with van der Waals surface area (Å²) in [4.78, 5) is 12.9. The highest BCUT2D eigenvalue weighted by Crippen LogP contribution is 2.30. The predicted octanol–water partition coefficient (Wildman–Crippen LogP) is 2.99. The Hall–Kier alpha value is -3.42. The number of aromatic nitrogens is 8. The minimum Gasteiger partial charge on any atom is -0.481 e. The van der Waals surface area contributed by atoms with Crippen molar-refractivity contribution in [2.45, 2.75) is 31.2 Å². The number of halogens is 1. The normalized spacial score (nSPS) is 14.7. The molecule has 0 fully saturated rings. The lowest BCUT2D eigenvalue weighted by atomic mass is 10.2. The molecule has 14 heteroatoms. The predicted molar refractivity (Wildman–Crippen MR) is 135 cm³/mol. The lowest BCUT2D eigenvalue weighted by Gasteiger charge is -2.22. The minimum atomic E-state index is -1.66. The third-order valence-corrected chi connectivity index (χ3v) is 7.06. The topological polar surface area (TPSA) is 135 Å². The van der Waals surface area contributed by atoms with Crippen molar-refractivity contribution in [3.63, 3.8) is 0 Å². The van der Waals surface area contributed by atoms with Crippen molar-refractivity contribution in [2.75, 3.05) is 18.9 Å². The van der Waals surface area contributed by atoms with Gasteiger partial charge in [0.15, 0.2) is 11.6 Å². The van der Waals surface area contributed by atoms with Gasteiger partial charge in [-0.15, -0.1) is 10.2 Å². The molecule has 190 valence electrons. The molecular formula is C22H26ClN9O3S. The van der Waals surface area contributed by atoms with Crippen molar-refractivity contribution in [3.05, 3.63) is 59.4 Å². The molecule has 0 aliphatic heterocycles. The summed E-state index contributed by atoms with van der Waals surface area (Å²) in [5.74, 6) is 1.58. The summed E-state index contributed by atoms with van der Waals surface area (Å²) >= 11 is 5.90. The maximum Gasteiger partial charge on any atom is 0.237 e. The Balaban J connectivity index is 1.69. The van der Waals surface area contributed by atoms with Crippen LogP contribution in [0.4, 0.5) is 5.95 Å². The van der Waals surface area contributed by atoms with E-state index < -0.39 is 22.3 Å². The molecule has 0 aliphatic carbocycles. The second-order valence-electron chi connectivity index (χ2n) is 7.93. The fourth-order valence-electron chi connectivity index (χ4n) is 3.63. The lowest BCUT2D eigenvalue weighted by Crippen LogP contribution is -2.29. The van der Waals surface area contributed by atoms with Crippen molar-refractivity contribution < 1.29 is 13.7 Å². The number of hydrogen-bond acceptors (Lipinski definition) is 9. The van der Waals surface area contributed by atoms with Crippen LogP contribution in [0.15, 0.2) is 43.0 Å². The zero-order chi connectivity index (χ0) is 25.8. The second-order valence-corrected chi connectivity index (χ2v) is 9.91. The minimum absolute atomic E-state index is 0.260. The van der Waals surface area contributed by atoms with E-state index in [2.05, 4.69) is 35.0 Å². The van der Waals surface area contributed by atoms with Crippen LogP contribution in [-0.4, -0.2) is 63.2 Å². The molecule has 0 amide bonds. The van der Waals surface area contributed by atoms with Crippen LogP contribution in [0, 0.1) is 0 Å². The van der Waals surface area contributed by atoms with E-state index in [9.17, 15) is 4.21 Å². The molecule has 4 heterocycles. The fourth-order valence-corrected chi connectivity index (χ4v) is 4.69. The third kappa shape index (κ3) is 5.37. The Labute approximate surface area is 215 Å². The summed E-state index contributed by atoms with van der Waals surface area (Å²) in [6, 6.07) is 5.11. The summed E-state index contributed by atoms with van der Waals surface area (Å²) in [7, 11) is 3.24. The molecule has 0 aromatic carbocycles. The van der Waals surface area contributed by atoms with Gasteiger partial charge in [-0.2, -0.15) is 5.10 Å². The van der Waals surface area contributed by atoms with E-state index in [1.807, 2.05) is 30.8 Å². The van der Waals surface area contributed by atoms with E-state index in [-0.39, 0.29) is 6.04 Å². The van der Waals surface area contributed by atoms with Gasteiger partial charge >= 0.3 is 0 Å². The van der Waals surface area contributed by atoms with Crippen molar-refractivity contribution >= 4 is 28.5 Å². The molecule has 0 bridgehead atoms. The number of aryl methyl sites for hydroxylation is 1. The van der Waals surface area contributed by atoms with E-state index >= 15 is 0 Å². The summed E-state index contributed by atoms with van der Waals surface area (Å²) < 4.78 is 30.8. The van der Waals surface area contributed by atoms with Gasteiger partial charge in [0, 0.05) is 44.4 Å². The van der Waals surface area contributed by atoms with E-state index in [1.54, 1.807) is 37.0 Å². The monoisotopic (exact) mass is 531 g/mol. The molecule has 1 N–H and O–H groups in total. The highest BCUT2D eigenvalue weighted by atomic mass is 35.5. The van der Waals surface area contributed by atoms with Gasteiger partial charge in [-0.1, -0.05) is 17.7 Å². The molecule has 36 heavy (non-hydrogen) atoms. The van der Waals surface area contributed by atoms with E-state index in [0.29, 0.717) is 34.2 Å². The van der Waals surface area contributed by atoms with Crippen LogP contribution in [0.2, 0.25) is 5.02 Å². The van der Waals surface area contributed by atoms with Gasteiger partial charge in [0.2, 0.25) is 11.8 Å². The molecule has 12 nitrogen and oxygen atoms in total. The Morgan fingerprint density at radius 2 is 1.86 bits per heavy atom. The maximum absolute atomic E-state index is 13.4. The second kappa shape index (κ2) is 11.1. The Bertz CT molecular complexity index is 1340. The molecule has 0 saturated heterocycles. The van der Waals surface area contributed by atoms with Gasteiger partial charge in [-0.05, 0) is 19.9 Å². The zero-order valence-electron chi connectivity index (χ0n) is 20.4. The Morgan fingerprint density at radius 1 is 1.11 bits per heavy atom. The van der Waals surface area contributed by atoms with Gasteiger partial charge < -0.3 is 9.47 Å². The zero-order valence-corrected chi connectivity index (χ0v) is 21.9. The average Bonchev–Trinajstić information content (AvgIpc) is 3.51. The van der Waals surface area contributed by atoms with E-state index in [4.69, 9.17) is 21.1 Å². The highest BCUT2D eigenvalue weighted by molar-refractivity contribution is 7.87. The summed E-state index contributed by atoms with van der Waals surface area (Å²) in [5, 5.41) is 12.8. The molecule has 4 aromatic rings. The first-order valence-electron chi connectivity index (χ1n) is 10.9. The first-order valence-corrected chi connectivity index (χ1v) is 12.5. The SMILES string of the molecule is COc1cccc(-c2nnc(NS(=O)C(C)C(OC)c3ncc(Cl)cn3)n2C(C)c2cnn(C)c2)n1. The lowest BCUT2D eigenvalue weighted by molar-refractivity contribution is 0.0961. The number of pyridine rings is 1. The van der Waals surface area contributed by atoms with Crippen molar-refractivity contribution in [1.29, 1.82) is 0 Å². The summed E-state index contributed by atoms with van der Waals surface area (Å²) in [6.07, 6.45) is 5.95. The number of hydrogen-bond donors (Lipinski definition) is 1. The molecule has 4 unspecified atom stereocenters. The third-order valence-electron chi connectivity index (χ3n) is 5.56. The number of anilines is 1. The molecule has 4 atom stereocenters. The standard InChI is InChI=1S/C22H26ClN9O3S/c1-13(15-9-26-31(3)12-15)32-21(17-7-6-8-18(27-17)34-4)28-29-22(32)30-36(33)14(2)19(35-5)20-24-10-16(23)11-25-20/h6-14,19H,1-5H3,(H,29,30). The first kappa shape index (κ1) is 25.7. The molecule has 0 radical (unpaired) electrons. The molecule has 4 rings (SSSR count). The molecular weight excluding hydrogens is 506 g/mol. The van der Waals surface area contributed by atoms with Crippen LogP contribution >= 0.6 is 11.6 Å². The van der Waals surface area contributed by atoms with Gasteiger partial charge in [0.25, 0.3) is 0 Å². The van der Waals surface area contributed by atoms with E-state index in [0.717, 1.165) is 5.56 Å². The van der Waals surface area contributed by atoms with Crippen molar-refractivity contribution in [3.8, 4) is 17.4 Å². The first-order chi connectivity index (χ1) is 17.3. The smallest absolute Gasteiger partial charge is 0.237 e. The fraction of sp³-hybridized carbons (Fsp3) is 0.364. The van der Waals surface area contributed by atoms with Crippen LogP contribution in [0.1, 0.15) is 37.4 Å². The van der Waals surface area contributed by atoms with Crippen molar-refractivity contribution in [2.24, 2.45) is 7.05 Å². The van der Waals surface area contributed by atoms with Crippen LogP contribution in [0.5, 0.6) is 5.88 Å². The Kier molecular flexibility index (Phi) is 7.91. The summed E-state index contributed by atoms with van der Waals surface area (Å²) in [5.41, 5.74) is 1.46. The largest absolute Gasteiger partial charge is 0.481 e. The number of nitrogens with zero attached hydrogens (tertiary/aromatic N) is 8. The number of nitrogens with one attached hydrogen (secondary N) is 1. The number of ether oxygens (including phenoxy) is 2. The average molecular weight is 532 g/mol. The molecule has 0 aliphatic rings. The van der Waals surface area contributed by atoms with E-state index in [1.165, 1.54) is 19.5 Å². The van der Waals surface area contributed by atoms with Crippen LogP contribution < -0.4 is 9.46 Å². The summed E-state index contributed by atoms with van der Waals surface area (Å²) in [6.45, 7) is 3.74. The molecule has 4 aromatic heterocycles. The molecule has 0 saturated carbocycles. The van der Waals surface area contributed by atoms with Crippen LogP contribution in [0.3, 0.4) is 0 Å². The van der Waals surface area contributed by atoms with Gasteiger partial charge in [-0.25, -0.2) is 19.2 Å². The van der Waals surface area contributed by atoms with Crippen LogP contribution in [0.25, 0.3) is 11.5 Å². The number of methoxy groups -OCH3 is 2. The quantitative estimate of drug-likeness (QED) is 0.327. The molecule has 0 spiro atoms. The Morgan fingerprint density at radius 3 is 2.50 bits per heavy atom. The highest BCUT2D eigenvalue weighted by Gasteiger charge is 2.30.